The fourth-order valence-electron chi connectivity index (χ4n) is 13.1. The molecular weight excluding hydrogens is 1350 g/mol. The SMILES string of the molecule is CC(C)CCCCCCCCCCCCCCCCCCC(=O)OC[C@H](COP(=O)(O)OCC(O)COP(=O)(O)OC[C@@H](COC(=O)CCCCCCCCCC(C)C)OC(=O)CCCCCCCCCCCCCCCC(C)C)OC(=O)CCCCCCCCCCCCCCCCCCC(C)C. The number of unbranched alkanes of at least 4 members (excludes halogenated alkanes) is 48. The lowest BCUT2D eigenvalue weighted by atomic mass is 10.0. The van der Waals surface area contributed by atoms with Crippen molar-refractivity contribution in [2.24, 2.45) is 23.7 Å². The summed E-state index contributed by atoms with van der Waals surface area (Å²) >= 11 is 0. The Balaban J connectivity index is 5.24. The van der Waals surface area contributed by atoms with Gasteiger partial charge in [-0.05, 0) is 49.4 Å². The molecule has 0 rings (SSSR count). The van der Waals surface area contributed by atoms with Crippen LogP contribution in [0.25, 0.3) is 0 Å². The highest BCUT2D eigenvalue weighted by Gasteiger charge is 2.30. The molecule has 0 aliphatic carbocycles. The smallest absolute Gasteiger partial charge is 0.462 e. The molecular formula is C85H166O17P2. The molecule has 3 N–H and O–H groups in total. The van der Waals surface area contributed by atoms with Crippen LogP contribution in [0.15, 0.2) is 0 Å². The summed E-state index contributed by atoms with van der Waals surface area (Å²) in [5.41, 5.74) is 0. The summed E-state index contributed by atoms with van der Waals surface area (Å²) in [6.45, 7) is 14.3. The molecule has 17 nitrogen and oxygen atoms in total. The number of hydrogen-bond acceptors (Lipinski definition) is 15. The highest BCUT2D eigenvalue weighted by Crippen LogP contribution is 2.45. The van der Waals surface area contributed by atoms with E-state index in [9.17, 15) is 43.2 Å². The van der Waals surface area contributed by atoms with Gasteiger partial charge in [0, 0.05) is 25.7 Å². The van der Waals surface area contributed by atoms with E-state index in [0.717, 1.165) is 114 Å². The number of esters is 4. The van der Waals surface area contributed by atoms with Crippen LogP contribution >= 0.6 is 15.6 Å². The molecule has 3 unspecified atom stereocenters. The quantitative estimate of drug-likeness (QED) is 0.0222. The van der Waals surface area contributed by atoms with Crippen molar-refractivity contribution in [3.05, 3.63) is 0 Å². The molecule has 104 heavy (non-hydrogen) atoms. The van der Waals surface area contributed by atoms with Crippen molar-refractivity contribution in [3.63, 3.8) is 0 Å². The molecule has 5 atom stereocenters. The minimum Gasteiger partial charge on any atom is -0.462 e. The standard InChI is InChI=1S/C85H166O17P2/c1-75(2)61-53-45-37-30-24-18-13-9-11-15-21-27-33-41-49-57-65-82(87)95-71-80(101-84(89)67-59-51-42-34-28-22-16-12-10-14-19-25-31-38-46-54-62-76(3)4)73-99-103(91,92)97-69-79(86)70-98-104(93,94)100-74-81(72-96-83(88)66-58-50-44-36-40-48-56-64-78(7)8)102-85(90)68-60-52-43-35-29-23-17-20-26-32-39-47-55-63-77(5)6/h75-81,86H,9-74H2,1-8H3,(H,91,92)(H,93,94)/t79?,80-,81-/m1/s1. The molecule has 0 amide bonds. The maximum absolute atomic E-state index is 13.1. The van der Waals surface area contributed by atoms with E-state index in [1.807, 2.05) is 0 Å². The van der Waals surface area contributed by atoms with Gasteiger partial charge in [-0.2, -0.15) is 0 Å². The van der Waals surface area contributed by atoms with Gasteiger partial charge in [-0.15, -0.1) is 0 Å². The average molecular weight is 1520 g/mol. The molecule has 618 valence electrons. The minimum atomic E-state index is -4.97. The predicted molar refractivity (Wildman–Crippen MR) is 428 cm³/mol. The van der Waals surface area contributed by atoms with Gasteiger partial charge in [0.25, 0.3) is 0 Å². The van der Waals surface area contributed by atoms with Crippen LogP contribution in [0.5, 0.6) is 0 Å². The number of rotatable bonds is 82. The van der Waals surface area contributed by atoms with E-state index in [1.165, 1.54) is 238 Å². The predicted octanol–water partition coefficient (Wildman–Crippen LogP) is 25.6. The monoisotopic (exact) mass is 1520 g/mol. The topological polar surface area (TPSA) is 237 Å². The van der Waals surface area contributed by atoms with Gasteiger partial charge in [-0.3, -0.25) is 37.3 Å². The summed E-state index contributed by atoms with van der Waals surface area (Å²) in [7, 11) is -9.93. The Bertz CT molecular complexity index is 2020. The second-order valence-corrected chi connectivity index (χ2v) is 35.4. The lowest BCUT2D eigenvalue weighted by molar-refractivity contribution is -0.161. The van der Waals surface area contributed by atoms with Gasteiger partial charge < -0.3 is 33.8 Å². The number of aliphatic hydroxyl groups excluding tert-OH is 1. The second-order valence-electron chi connectivity index (χ2n) is 32.5. The molecule has 0 saturated heterocycles. The number of aliphatic hydroxyl groups is 1. The lowest BCUT2D eigenvalue weighted by Crippen LogP contribution is -2.30. The van der Waals surface area contributed by atoms with Crippen molar-refractivity contribution < 1.29 is 80.2 Å². The van der Waals surface area contributed by atoms with Crippen LogP contribution in [0.2, 0.25) is 0 Å². The fraction of sp³-hybridized carbons (Fsp3) is 0.953. The summed E-state index contributed by atoms with van der Waals surface area (Å²) in [5, 5.41) is 10.7. The first-order valence-electron chi connectivity index (χ1n) is 43.7. The zero-order valence-electron chi connectivity index (χ0n) is 68.7. The Kier molecular flexibility index (Phi) is 72.5. The first kappa shape index (κ1) is 102. The van der Waals surface area contributed by atoms with E-state index in [0.29, 0.717) is 31.6 Å². The van der Waals surface area contributed by atoms with Gasteiger partial charge >= 0.3 is 39.5 Å². The second kappa shape index (κ2) is 73.8. The molecule has 0 radical (unpaired) electrons. The molecule has 0 aromatic rings. The van der Waals surface area contributed by atoms with Crippen LogP contribution in [0.3, 0.4) is 0 Å². The van der Waals surface area contributed by atoms with Crippen molar-refractivity contribution in [3.8, 4) is 0 Å². The third-order valence-corrected chi connectivity index (χ3v) is 21.7. The molecule has 19 heteroatoms. The van der Waals surface area contributed by atoms with E-state index in [4.69, 9.17) is 37.0 Å². The summed E-state index contributed by atoms with van der Waals surface area (Å²) in [4.78, 5) is 73.2. The van der Waals surface area contributed by atoms with Crippen molar-refractivity contribution in [2.75, 3.05) is 39.6 Å². The van der Waals surface area contributed by atoms with E-state index in [1.54, 1.807) is 0 Å². The van der Waals surface area contributed by atoms with Crippen LogP contribution in [0.1, 0.15) is 441 Å². The van der Waals surface area contributed by atoms with E-state index in [2.05, 4.69) is 55.4 Å². The molecule has 0 saturated carbocycles. The van der Waals surface area contributed by atoms with E-state index in [-0.39, 0.29) is 25.7 Å². The number of ether oxygens (including phenoxy) is 4. The van der Waals surface area contributed by atoms with Crippen LogP contribution in [0, 0.1) is 23.7 Å². The van der Waals surface area contributed by atoms with Crippen molar-refractivity contribution >= 4 is 39.5 Å². The highest BCUT2D eigenvalue weighted by molar-refractivity contribution is 7.47. The Labute approximate surface area is 638 Å². The Morgan fingerprint density at radius 2 is 0.404 bits per heavy atom. The first-order valence-corrected chi connectivity index (χ1v) is 46.7. The summed E-state index contributed by atoms with van der Waals surface area (Å²) in [6.07, 6.45) is 62.6. The molecule has 0 aliphatic heterocycles. The van der Waals surface area contributed by atoms with Crippen LogP contribution in [-0.4, -0.2) is 96.7 Å². The number of carbonyl (C=O) groups excluding carboxylic acids is 4. The summed E-state index contributed by atoms with van der Waals surface area (Å²) in [5.74, 6) is 1.00. The maximum atomic E-state index is 13.1. The molecule has 0 aromatic carbocycles. The average Bonchev–Trinajstić information content (AvgIpc) is 0.943. The van der Waals surface area contributed by atoms with Crippen molar-refractivity contribution in [1.82, 2.24) is 0 Å². The largest absolute Gasteiger partial charge is 0.472 e. The first-order chi connectivity index (χ1) is 50.1. The van der Waals surface area contributed by atoms with Crippen molar-refractivity contribution in [1.29, 1.82) is 0 Å². The Morgan fingerprint density at radius 3 is 0.596 bits per heavy atom. The van der Waals surface area contributed by atoms with E-state index < -0.39 is 97.5 Å². The molecule has 0 fully saturated rings. The number of phosphoric ester groups is 2. The number of phosphoric acid groups is 2. The van der Waals surface area contributed by atoms with Crippen LogP contribution in [0.4, 0.5) is 0 Å². The molecule has 0 bridgehead atoms. The zero-order valence-corrected chi connectivity index (χ0v) is 70.5. The Hall–Kier alpha value is -1.94. The molecule has 0 heterocycles. The summed E-state index contributed by atoms with van der Waals surface area (Å²) < 4.78 is 68.8. The number of hydrogen-bond donors (Lipinski definition) is 3. The minimum absolute atomic E-state index is 0.106. The maximum Gasteiger partial charge on any atom is 0.472 e. The van der Waals surface area contributed by atoms with Gasteiger partial charge in [0.2, 0.25) is 0 Å². The third-order valence-electron chi connectivity index (χ3n) is 19.8. The number of carbonyl (C=O) groups is 4. The summed E-state index contributed by atoms with van der Waals surface area (Å²) in [6, 6.07) is 0. The molecule has 0 spiro atoms. The zero-order chi connectivity index (χ0) is 76.7. The fourth-order valence-corrected chi connectivity index (χ4v) is 14.7. The van der Waals surface area contributed by atoms with E-state index >= 15 is 0 Å². The van der Waals surface area contributed by atoms with Gasteiger partial charge in [0.1, 0.15) is 19.3 Å². The van der Waals surface area contributed by atoms with Gasteiger partial charge in [0.05, 0.1) is 26.4 Å². The van der Waals surface area contributed by atoms with Gasteiger partial charge in [-0.25, -0.2) is 9.13 Å². The van der Waals surface area contributed by atoms with Gasteiger partial charge in [0.15, 0.2) is 12.2 Å². The highest BCUT2D eigenvalue weighted by atomic mass is 31.2. The molecule has 0 aliphatic rings. The normalized spacial score (nSPS) is 14.0. The van der Waals surface area contributed by atoms with Crippen LogP contribution < -0.4 is 0 Å². The molecule has 0 aromatic heterocycles. The van der Waals surface area contributed by atoms with Gasteiger partial charge in [-0.1, -0.05) is 389 Å². The van der Waals surface area contributed by atoms with Crippen molar-refractivity contribution in [2.45, 2.75) is 459 Å². The Morgan fingerprint density at radius 1 is 0.240 bits per heavy atom. The lowest BCUT2D eigenvalue weighted by Gasteiger charge is -2.21. The van der Waals surface area contributed by atoms with Crippen LogP contribution in [-0.2, 0) is 65.4 Å². The third kappa shape index (κ3) is 78.2.